The maximum Gasteiger partial charge on any atom is 0.226 e. The van der Waals surface area contributed by atoms with E-state index in [1.165, 1.54) is 0 Å². The molecule has 1 aromatic rings. The number of hydrogen-bond donors (Lipinski definition) is 1. The number of hydrogen-bond acceptors (Lipinski definition) is 5. The summed E-state index contributed by atoms with van der Waals surface area (Å²) in [5.74, 6) is 2.20. The van der Waals surface area contributed by atoms with Gasteiger partial charge in [-0.1, -0.05) is 39.8 Å². The number of ether oxygens (including phenoxy) is 3. The monoisotopic (exact) mass is 488 g/mol. The first-order valence-electron chi connectivity index (χ1n) is 13.0. The van der Waals surface area contributed by atoms with Crippen molar-refractivity contribution in [2.45, 2.75) is 60.8 Å². The number of rotatable bonds is 17. The number of carbonyl (C=O) groups excluding carboxylic acids is 1. The minimum atomic E-state index is -0.0116. The topological polar surface area (TPSA) is 71.9 Å². The van der Waals surface area contributed by atoms with Gasteiger partial charge in [-0.05, 0) is 62.3 Å². The average Bonchev–Trinajstić information content (AvgIpc) is 2.83. The normalized spacial score (nSPS) is 13.3. The summed E-state index contributed by atoms with van der Waals surface area (Å²) >= 11 is 0. The van der Waals surface area contributed by atoms with E-state index in [4.69, 9.17) is 19.6 Å². The molecule has 0 unspecified atom stereocenters. The highest BCUT2D eigenvalue weighted by molar-refractivity contribution is 6.00. The van der Waals surface area contributed by atoms with E-state index < -0.39 is 0 Å². The lowest BCUT2D eigenvalue weighted by Crippen LogP contribution is -2.37. The Balaban J connectivity index is 2.93. The molecule has 0 fully saturated rings. The summed E-state index contributed by atoms with van der Waals surface area (Å²) in [6.07, 6.45) is 6.56. The Morgan fingerprint density at radius 2 is 1.54 bits per heavy atom. The van der Waals surface area contributed by atoms with Crippen LogP contribution in [0.3, 0.4) is 0 Å². The molecule has 0 spiro atoms. The highest BCUT2D eigenvalue weighted by Crippen LogP contribution is 2.31. The molecule has 0 aliphatic rings. The molecule has 1 rings (SSSR count). The molecule has 0 aromatic heterocycles. The van der Waals surface area contributed by atoms with Gasteiger partial charge >= 0.3 is 0 Å². The summed E-state index contributed by atoms with van der Waals surface area (Å²) in [6, 6.07) is 5.71. The third kappa shape index (κ3) is 9.67. The van der Waals surface area contributed by atoms with Crippen LogP contribution in [0.4, 0.5) is 0 Å². The number of allylic oxidation sites excluding steroid dienone is 2. The first-order chi connectivity index (χ1) is 16.7. The molecule has 6 heteroatoms. The zero-order valence-corrected chi connectivity index (χ0v) is 23.2. The van der Waals surface area contributed by atoms with E-state index in [-0.39, 0.29) is 23.7 Å². The molecule has 0 aliphatic carbocycles. The molecule has 35 heavy (non-hydrogen) atoms. The van der Waals surface area contributed by atoms with Gasteiger partial charge in [-0.25, -0.2) is 0 Å². The number of carbonyl (C=O) groups is 1. The van der Waals surface area contributed by atoms with Gasteiger partial charge in [0.15, 0.2) is 11.5 Å². The molecule has 0 radical (unpaired) electrons. The number of amides is 1. The second-order valence-electron chi connectivity index (χ2n) is 9.63. The summed E-state index contributed by atoms with van der Waals surface area (Å²) in [7, 11) is 3.30. The van der Waals surface area contributed by atoms with Gasteiger partial charge in [-0.15, -0.1) is 0 Å². The van der Waals surface area contributed by atoms with Crippen molar-refractivity contribution in [3.8, 4) is 11.5 Å². The summed E-state index contributed by atoms with van der Waals surface area (Å²) in [5, 5.41) is 8.94. The Labute approximate surface area is 213 Å². The number of nitrogens with one attached hydrogen (secondary N) is 1. The Bertz CT molecular complexity index is 800. The summed E-state index contributed by atoms with van der Waals surface area (Å²) < 4.78 is 16.5. The molecule has 198 valence electrons. The molecule has 0 heterocycles. The van der Waals surface area contributed by atoms with Gasteiger partial charge in [0.25, 0.3) is 0 Å². The fraction of sp³-hybridized carbons (Fsp3) is 0.655. The quantitative estimate of drug-likeness (QED) is 0.160. The predicted octanol–water partition coefficient (Wildman–Crippen LogP) is 6.23. The van der Waals surface area contributed by atoms with Crippen molar-refractivity contribution in [2.24, 2.45) is 23.7 Å². The SMILES string of the molecule is CCN(CC)C(=O)[C@@H](C/C=C/C[C@H](C(=N)c1ccc(OC)c(OCCCOC)c1)C(C)C)C(C)C. The van der Waals surface area contributed by atoms with Crippen molar-refractivity contribution in [1.82, 2.24) is 4.90 Å². The maximum absolute atomic E-state index is 12.9. The van der Waals surface area contributed by atoms with Crippen molar-refractivity contribution in [3.05, 3.63) is 35.9 Å². The average molecular weight is 489 g/mol. The van der Waals surface area contributed by atoms with E-state index in [1.54, 1.807) is 14.2 Å². The summed E-state index contributed by atoms with van der Waals surface area (Å²) in [6.45, 7) is 15.3. The molecule has 0 bridgehead atoms. The highest BCUT2D eigenvalue weighted by atomic mass is 16.5. The Kier molecular flexibility index (Phi) is 14.3. The molecule has 1 aromatic carbocycles. The van der Waals surface area contributed by atoms with Crippen LogP contribution in [0.5, 0.6) is 11.5 Å². The van der Waals surface area contributed by atoms with Gasteiger partial charge in [0.1, 0.15) is 0 Å². The van der Waals surface area contributed by atoms with Crippen molar-refractivity contribution >= 4 is 11.6 Å². The number of benzene rings is 1. The Morgan fingerprint density at radius 1 is 0.943 bits per heavy atom. The predicted molar refractivity (Wildman–Crippen MR) is 145 cm³/mol. The van der Waals surface area contributed by atoms with Crippen LogP contribution in [0, 0.1) is 29.1 Å². The van der Waals surface area contributed by atoms with Crippen molar-refractivity contribution in [2.75, 3.05) is 40.5 Å². The van der Waals surface area contributed by atoms with Gasteiger partial charge in [-0.2, -0.15) is 0 Å². The lowest BCUT2D eigenvalue weighted by molar-refractivity contribution is -0.136. The molecular weight excluding hydrogens is 440 g/mol. The van der Waals surface area contributed by atoms with Gasteiger partial charge < -0.3 is 24.5 Å². The van der Waals surface area contributed by atoms with E-state index in [0.29, 0.717) is 36.3 Å². The van der Waals surface area contributed by atoms with Crippen LogP contribution in [0.2, 0.25) is 0 Å². The molecule has 0 saturated carbocycles. The fourth-order valence-corrected chi connectivity index (χ4v) is 4.19. The van der Waals surface area contributed by atoms with Crippen LogP contribution in [0.25, 0.3) is 0 Å². The summed E-state index contributed by atoms with van der Waals surface area (Å²) in [4.78, 5) is 14.8. The minimum absolute atomic E-state index is 0.0116. The molecule has 0 aliphatic heterocycles. The standard InChI is InChI=1S/C29H48N2O4/c1-9-31(10-2)29(32)25(22(5)6)15-12-11-14-24(21(3)4)28(30)23-16-17-26(34-8)27(20-23)35-19-13-18-33-7/h11-12,16-17,20-22,24-25,30H,9-10,13-15,18-19H2,1-8H3/b12-11+,30-28?/t24-,25-/m0/s1. The molecule has 1 amide bonds. The molecule has 2 atom stereocenters. The van der Waals surface area contributed by atoms with Gasteiger partial charge in [0, 0.05) is 50.8 Å². The maximum atomic E-state index is 12.9. The zero-order valence-electron chi connectivity index (χ0n) is 23.2. The largest absolute Gasteiger partial charge is 0.493 e. The second-order valence-corrected chi connectivity index (χ2v) is 9.63. The highest BCUT2D eigenvalue weighted by Gasteiger charge is 2.25. The van der Waals surface area contributed by atoms with E-state index >= 15 is 0 Å². The Hall–Kier alpha value is -2.34. The van der Waals surface area contributed by atoms with Crippen LogP contribution in [0.1, 0.15) is 66.4 Å². The lowest BCUT2D eigenvalue weighted by atomic mass is 9.84. The lowest BCUT2D eigenvalue weighted by Gasteiger charge is -2.27. The molecular formula is C29H48N2O4. The Morgan fingerprint density at radius 3 is 2.06 bits per heavy atom. The number of nitrogens with zero attached hydrogens (tertiary/aromatic N) is 1. The first kappa shape index (κ1) is 30.7. The summed E-state index contributed by atoms with van der Waals surface area (Å²) in [5.41, 5.74) is 1.44. The van der Waals surface area contributed by atoms with Gasteiger partial charge in [0.2, 0.25) is 5.91 Å². The minimum Gasteiger partial charge on any atom is -0.493 e. The van der Waals surface area contributed by atoms with Crippen molar-refractivity contribution < 1.29 is 19.0 Å². The second kappa shape index (κ2) is 16.4. The van der Waals surface area contributed by atoms with E-state index in [9.17, 15) is 4.79 Å². The van der Waals surface area contributed by atoms with Crippen LogP contribution in [-0.2, 0) is 9.53 Å². The van der Waals surface area contributed by atoms with Crippen LogP contribution >= 0.6 is 0 Å². The molecule has 0 saturated heterocycles. The molecule has 1 N–H and O–H groups in total. The van der Waals surface area contributed by atoms with E-state index in [0.717, 1.165) is 37.9 Å². The number of methoxy groups -OCH3 is 2. The van der Waals surface area contributed by atoms with Gasteiger partial charge in [0.05, 0.1) is 13.7 Å². The van der Waals surface area contributed by atoms with E-state index in [2.05, 4.69) is 39.8 Å². The first-order valence-corrected chi connectivity index (χ1v) is 13.0. The third-order valence-electron chi connectivity index (χ3n) is 6.54. The zero-order chi connectivity index (χ0) is 26.4. The fourth-order valence-electron chi connectivity index (χ4n) is 4.19. The van der Waals surface area contributed by atoms with Crippen molar-refractivity contribution in [1.29, 1.82) is 5.41 Å². The smallest absolute Gasteiger partial charge is 0.226 e. The third-order valence-corrected chi connectivity index (χ3v) is 6.54. The van der Waals surface area contributed by atoms with E-state index in [1.807, 2.05) is 36.9 Å². The van der Waals surface area contributed by atoms with Crippen LogP contribution in [-0.4, -0.2) is 57.0 Å². The molecule has 6 nitrogen and oxygen atoms in total. The van der Waals surface area contributed by atoms with Crippen LogP contribution < -0.4 is 9.47 Å². The van der Waals surface area contributed by atoms with Gasteiger partial charge in [-0.3, -0.25) is 4.79 Å². The van der Waals surface area contributed by atoms with Crippen LogP contribution in [0.15, 0.2) is 30.4 Å². The van der Waals surface area contributed by atoms with Crippen molar-refractivity contribution in [3.63, 3.8) is 0 Å².